The Kier molecular flexibility index (Phi) is 3.68. The molecule has 2 heterocycles. The molecule has 1 aromatic heterocycles. The van der Waals surface area contributed by atoms with Crippen LogP contribution in [0, 0.1) is 6.92 Å². The van der Waals surface area contributed by atoms with Crippen molar-refractivity contribution >= 4 is 0 Å². The molecule has 1 aliphatic heterocycles. The summed E-state index contributed by atoms with van der Waals surface area (Å²) in [6, 6.07) is 9.08. The lowest BCUT2D eigenvalue weighted by atomic mass is 10.1. The molecule has 0 N–H and O–H groups in total. The molecule has 0 bridgehead atoms. The number of hydrogen-bond acceptors (Lipinski definition) is 5. The van der Waals surface area contributed by atoms with Gasteiger partial charge in [0.05, 0.1) is 6.54 Å². The van der Waals surface area contributed by atoms with Crippen LogP contribution in [0.25, 0.3) is 11.4 Å². The summed E-state index contributed by atoms with van der Waals surface area (Å²) in [5, 5.41) is 4.12. The molecule has 1 aliphatic carbocycles. The maximum Gasteiger partial charge on any atom is 0.241 e. The van der Waals surface area contributed by atoms with Crippen LogP contribution in [0.1, 0.15) is 24.3 Å². The lowest BCUT2D eigenvalue weighted by molar-refractivity contribution is 0.112. The minimum absolute atomic E-state index is 0.690. The molecule has 116 valence electrons. The van der Waals surface area contributed by atoms with Crippen LogP contribution >= 0.6 is 0 Å². The van der Waals surface area contributed by atoms with E-state index in [1.165, 1.54) is 31.5 Å². The van der Waals surface area contributed by atoms with Gasteiger partial charge in [0.1, 0.15) is 0 Å². The number of benzene rings is 1. The van der Waals surface area contributed by atoms with Gasteiger partial charge in [-0.05, 0) is 25.8 Å². The average molecular weight is 298 g/mol. The summed E-state index contributed by atoms with van der Waals surface area (Å²) in [6.07, 6.45) is 2.78. The van der Waals surface area contributed by atoms with Gasteiger partial charge in [0.2, 0.25) is 11.7 Å². The fourth-order valence-corrected chi connectivity index (χ4v) is 3.14. The highest BCUT2D eigenvalue weighted by Gasteiger charge is 2.31. The molecule has 2 fully saturated rings. The van der Waals surface area contributed by atoms with Gasteiger partial charge >= 0.3 is 0 Å². The fraction of sp³-hybridized carbons (Fsp3) is 0.529. The van der Waals surface area contributed by atoms with Crippen LogP contribution in [-0.2, 0) is 6.54 Å². The molecule has 5 nitrogen and oxygen atoms in total. The largest absolute Gasteiger partial charge is 0.338 e. The highest BCUT2D eigenvalue weighted by Crippen LogP contribution is 2.27. The zero-order valence-electron chi connectivity index (χ0n) is 13.0. The standard InChI is InChI=1S/C17H22N4O/c1-13-3-2-4-14(11-13)17-18-16(22-19-17)12-20-7-9-21(10-8-20)15-5-6-15/h2-4,11,15H,5-10,12H2,1H3. The summed E-state index contributed by atoms with van der Waals surface area (Å²) in [7, 11) is 0. The maximum atomic E-state index is 5.43. The highest BCUT2D eigenvalue weighted by atomic mass is 16.5. The third-order valence-corrected chi connectivity index (χ3v) is 4.57. The Labute approximate surface area is 130 Å². The molecule has 5 heteroatoms. The molecule has 0 amide bonds. The van der Waals surface area contributed by atoms with Gasteiger partial charge in [-0.3, -0.25) is 9.80 Å². The number of piperazine rings is 1. The van der Waals surface area contributed by atoms with Crippen molar-refractivity contribution in [1.29, 1.82) is 0 Å². The molecular formula is C17H22N4O. The van der Waals surface area contributed by atoms with E-state index in [-0.39, 0.29) is 0 Å². The van der Waals surface area contributed by atoms with Gasteiger partial charge < -0.3 is 4.52 Å². The molecule has 22 heavy (non-hydrogen) atoms. The Balaban J connectivity index is 1.38. The number of hydrogen-bond donors (Lipinski definition) is 0. The van der Waals surface area contributed by atoms with Crippen LogP contribution in [0.5, 0.6) is 0 Å². The Bertz CT molecular complexity index is 642. The van der Waals surface area contributed by atoms with Crippen molar-refractivity contribution in [3.8, 4) is 11.4 Å². The van der Waals surface area contributed by atoms with E-state index in [4.69, 9.17) is 4.52 Å². The van der Waals surface area contributed by atoms with Gasteiger partial charge in [-0.25, -0.2) is 0 Å². The van der Waals surface area contributed by atoms with Crippen LogP contribution in [0.4, 0.5) is 0 Å². The van der Waals surface area contributed by atoms with Gasteiger partial charge in [0, 0.05) is 37.8 Å². The van der Waals surface area contributed by atoms with Crippen molar-refractivity contribution in [3.05, 3.63) is 35.7 Å². The zero-order chi connectivity index (χ0) is 14.9. The molecule has 1 aromatic carbocycles. The van der Waals surface area contributed by atoms with E-state index >= 15 is 0 Å². The topological polar surface area (TPSA) is 45.4 Å². The second-order valence-electron chi connectivity index (χ2n) is 6.42. The van der Waals surface area contributed by atoms with Crippen LogP contribution in [0.2, 0.25) is 0 Å². The van der Waals surface area contributed by atoms with Crippen molar-refractivity contribution in [2.45, 2.75) is 32.4 Å². The summed E-state index contributed by atoms with van der Waals surface area (Å²) in [6.45, 7) is 7.37. The Morgan fingerprint density at radius 1 is 1.18 bits per heavy atom. The number of aromatic nitrogens is 2. The molecule has 1 saturated carbocycles. The van der Waals surface area contributed by atoms with E-state index in [0.717, 1.165) is 37.1 Å². The van der Waals surface area contributed by atoms with Gasteiger partial charge in [-0.2, -0.15) is 4.98 Å². The second-order valence-corrected chi connectivity index (χ2v) is 6.42. The summed E-state index contributed by atoms with van der Waals surface area (Å²) >= 11 is 0. The first-order chi connectivity index (χ1) is 10.8. The van der Waals surface area contributed by atoms with Crippen molar-refractivity contribution in [3.63, 3.8) is 0 Å². The number of nitrogens with zero attached hydrogens (tertiary/aromatic N) is 4. The molecule has 0 radical (unpaired) electrons. The first kappa shape index (κ1) is 13.9. The second kappa shape index (κ2) is 5.82. The molecule has 0 spiro atoms. The van der Waals surface area contributed by atoms with E-state index in [1.54, 1.807) is 0 Å². The third-order valence-electron chi connectivity index (χ3n) is 4.57. The van der Waals surface area contributed by atoms with Gasteiger partial charge in [-0.1, -0.05) is 28.9 Å². The van der Waals surface area contributed by atoms with E-state index in [9.17, 15) is 0 Å². The molecule has 2 aliphatic rings. The zero-order valence-corrected chi connectivity index (χ0v) is 13.0. The normalized spacial score (nSPS) is 20.4. The van der Waals surface area contributed by atoms with Gasteiger partial charge in [-0.15, -0.1) is 0 Å². The van der Waals surface area contributed by atoms with E-state index < -0.39 is 0 Å². The van der Waals surface area contributed by atoms with E-state index in [1.807, 2.05) is 12.1 Å². The smallest absolute Gasteiger partial charge is 0.241 e. The molecule has 0 unspecified atom stereocenters. The molecule has 4 rings (SSSR count). The monoisotopic (exact) mass is 298 g/mol. The summed E-state index contributed by atoms with van der Waals surface area (Å²) in [5.41, 5.74) is 2.23. The van der Waals surface area contributed by atoms with Crippen LogP contribution < -0.4 is 0 Å². The van der Waals surface area contributed by atoms with Gasteiger partial charge in [0.15, 0.2) is 0 Å². The fourth-order valence-electron chi connectivity index (χ4n) is 3.14. The first-order valence-corrected chi connectivity index (χ1v) is 8.14. The van der Waals surface area contributed by atoms with Crippen molar-refractivity contribution in [1.82, 2.24) is 19.9 Å². The maximum absolute atomic E-state index is 5.43. The first-order valence-electron chi connectivity index (χ1n) is 8.14. The van der Waals surface area contributed by atoms with Crippen molar-refractivity contribution < 1.29 is 4.52 Å². The van der Waals surface area contributed by atoms with E-state index in [0.29, 0.717) is 5.82 Å². The predicted molar refractivity (Wildman–Crippen MR) is 84.3 cm³/mol. The quantitative estimate of drug-likeness (QED) is 0.867. The number of aryl methyl sites for hydroxylation is 1. The van der Waals surface area contributed by atoms with E-state index in [2.05, 4.69) is 39.0 Å². The van der Waals surface area contributed by atoms with Gasteiger partial charge in [0.25, 0.3) is 0 Å². The molecule has 0 atom stereocenters. The minimum Gasteiger partial charge on any atom is -0.338 e. The number of rotatable bonds is 4. The Morgan fingerprint density at radius 3 is 2.73 bits per heavy atom. The van der Waals surface area contributed by atoms with Crippen molar-refractivity contribution in [2.75, 3.05) is 26.2 Å². The molecule has 1 saturated heterocycles. The SMILES string of the molecule is Cc1cccc(-c2noc(CN3CCN(C4CC4)CC3)n2)c1. The Morgan fingerprint density at radius 2 is 2.00 bits per heavy atom. The average Bonchev–Trinajstić information content (AvgIpc) is 3.28. The molecule has 2 aromatic rings. The summed E-state index contributed by atoms with van der Waals surface area (Å²) in [5.74, 6) is 1.41. The third kappa shape index (κ3) is 3.05. The van der Waals surface area contributed by atoms with Crippen LogP contribution in [0.15, 0.2) is 28.8 Å². The van der Waals surface area contributed by atoms with Crippen molar-refractivity contribution in [2.24, 2.45) is 0 Å². The highest BCUT2D eigenvalue weighted by molar-refractivity contribution is 5.55. The predicted octanol–water partition coefficient (Wildman–Crippen LogP) is 2.33. The lowest BCUT2D eigenvalue weighted by Gasteiger charge is -2.33. The van der Waals surface area contributed by atoms with Crippen LogP contribution in [0.3, 0.4) is 0 Å². The lowest BCUT2D eigenvalue weighted by Crippen LogP contribution is -2.46. The minimum atomic E-state index is 0.690. The summed E-state index contributed by atoms with van der Waals surface area (Å²) < 4.78 is 5.43. The van der Waals surface area contributed by atoms with Crippen LogP contribution in [-0.4, -0.2) is 52.2 Å². The Hall–Kier alpha value is -1.72. The molecular weight excluding hydrogens is 276 g/mol. The summed E-state index contributed by atoms with van der Waals surface area (Å²) in [4.78, 5) is 9.57.